The number of nitrogens with two attached hydrogens (primary N) is 1. The molecule has 1 aliphatic heterocycles. The highest BCUT2D eigenvalue weighted by atomic mass is 16.2. The van der Waals surface area contributed by atoms with Crippen molar-refractivity contribution < 1.29 is 9.59 Å². The van der Waals surface area contributed by atoms with Crippen LogP contribution in [0.5, 0.6) is 0 Å². The number of piperidine rings is 1. The summed E-state index contributed by atoms with van der Waals surface area (Å²) >= 11 is 0. The summed E-state index contributed by atoms with van der Waals surface area (Å²) in [5, 5.41) is 3.02. The minimum Gasteiger partial charge on any atom is -0.368 e. The minimum atomic E-state index is -0.324. The van der Waals surface area contributed by atoms with Crippen LogP contribution >= 0.6 is 0 Å². The van der Waals surface area contributed by atoms with Crippen molar-refractivity contribution in [2.75, 3.05) is 13.1 Å². The molecule has 3 N–H and O–H groups in total. The summed E-state index contributed by atoms with van der Waals surface area (Å²) in [6, 6.07) is 10.1. The third-order valence-electron chi connectivity index (χ3n) is 4.41. The molecule has 1 aromatic rings. The van der Waals surface area contributed by atoms with E-state index in [0.29, 0.717) is 0 Å². The van der Waals surface area contributed by atoms with Crippen molar-refractivity contribution in [1.82, 2.24) is 10.2 Å². The second-order valence-electron chi connectivity index (χ2n) is 6.38. The van der Waals surface area contributed by atoms with Crippen molar-refractivity contribution in [3.63, 3.8) is 0 Å². The maximum absolute atomic E-state index is 12.2. The Morgan fingerprint density at radius 1 is 1.30 bits per heavy atom. The number of likely N-dealkylation sites (tertiary alicyclic amines) is 1. The zero-order chi connectivity index (χ0) is 16.7. The molecule has 2 rings (SSSR count). The molecule has 1 heterocycles. The SMILES string of the molecule is C[C@H](CCc1ccccc1)NC(=O)CN1CCCC[C@@H]1C(N)=O. The first-order chi connectivity index (χ1) is 11.1. The summed E-state index contributed by atoms with van der Waals surface area (Å²) in [5.41, 5.74) is 6.71. The number of hydrogen-bond acceptors (Lipinski definition) is 3. The quantitative estimate of drug-likeness (QED) is 0.799. The first-order valence-electron chi connectivity index (χ1n) is 8.43. The van der Waals surface area contributed by atoms with E-state index in [0.717, 1.165) is 38.6 Å². The molecule has 1 fully saturated rings. The summed E-state index contributed by atoms with van der Waals surface area (Å²) in [7, 11) is 0. The van der Waals surface area contributed by atoms with Crippen LogP contribution in [0.3, 0.4) is 0 Å². The van der Waals surface area contributed by atoms with E-state index in [1.54, 1.807) is 0 Å². The van der Waals surface area contributed by atoms with Gasteiger partial charge in [0.15, 0.2) is 0 Å². The van der Waals surface area contributed by atoms with Crippen LogP contribution in [0.15, 0.2) is 30.3 Å². The maximum atomic E-state index is 12.2. The van der Waals surface area contributed by atoms with Crippen molar-refractivity contribution in [2.45, 2.75) is 51.1 Å². The zero-order valence-electron chi connectivity index (χ0n) is 13.8. The fourth-order valence-corrected chi connectivity index (χ4v) is 3.11. The van der Waals surface area contributed by atoms with E-state index in [1.807, 2.05) is 30.0 Å². The third-order valence-corrected chi connectivity index (χ3v) is 4.41. The van der Waals surface area contributed by atoms with Crippen LogP contribution in [0.2, 0.25) is 0 Å². The average molecular weight is 317 g/mol. The monoisotopic (exact) mass is 317 g/mol. The summed E-state index contributed by atoms with van der Waals surface area (Å²) < 4.78 is 0. The normalized spacial score (nSPS) is 20.0. The van der Waals surface area contributed by atoms with Gasteiger partial charge in [-0.2, -0.15) is 0 Å². The highest BCUT2D eigenvalue weighted by molar-refractivity contribution is 5.82. The van der Waals surface area contributed by atoms with Gasteiger partial charge in [0.25, 0.3) is 0 Å². The van der Waals surface area contributed by atoms with Crippen molar-refractivity contribution in [3.05, 3.63) is 35.9 Å². The molecular formula is C18H27N3O2. The summed E-state index contributed by atoms with van der Waals surface area (Å²) in [5.74, 6) is -0.353. The van der Waals surface area contributed by atoms with Crippen molar-refractivity contribution in [3.8, 4) is 0 Å². The van der Waals surface area contributed by atoms with Crippen molar-refractivity contribution >= 4 is 11.8 Å². The van der Waals surface area contributed by atoms with E-state index in [2.05, 4.69) is 17.4 Å². The second kappa shape index (κ2) is 8.67. The van der Waals surface area contributed by atoms with Gasteiger partial charge in [-0.25, -0.2) is 0 Å². The molecule has 0 spiro atoms. The molecule has 0 aromatic heterocycles. The number of carbonyl (C=O) groups excluding carboxylic acids is 2. The number of nitrogens with zero attached hydrogens (tertiary/aromatic N) is 1. The molecule has 0 unspecified atom stereocenters. The molecule has 2 amide bonds. The van der Waals surface area contributed by atoms with E-state index in [9.17, 15) is 9.59 Å². The Balaban J connectivity index is 1.75. The largest absolute Gasteiger partial charge is 0.368 e. The Kier molecular flexibility index (Phi) is 6.59. The standard InChI is InChI=1S/C18H27N3O2/c1-14(10-11-15-7-3-2-4-8-15)20-17(22)13-21-12-6-5-9-16(21)18(19)23/h2-4,7-8,14,16H,5-6,9-13H2,1H3,(H2,19,23)(H,20,22)/t14-,16-/m1/s1. The first kappa shape index (κ1) is 17.5. The molecule has 1 saturated heterocycles. The fourth-order valence-electron chi connectivity index (χ4n) is 3.11. The van der Waals surface area contributed by atoms with Crippen LogP contribution in [0.25, 0.3) is 0 Å². The van der Waals surface area contributed by atoms with Gasteiger partial charge in [0.1, 0.15) is 0 Å². The van der Waals surface area contributed by atoms with Gasteiger partial charge in [-0.05, 0) is 44.7 Å². The third kappa shape index (κ3) is 5.67. The molecule has 1 aromatic carbocycles. The Morgan fingerprint density at radius 2 is 2.04 bits per heavy atom. The molecule has 1 aliphatic rings. The summed E-state index contributed by atoms with van der Waals surface area (Å²) in [6.07, 6.45) is 4.61. The Bertz CT molecular complexity index is 518. The number of primary amides is 1. The smallest absolute Gasteiger partial charge is 0.234 e. The van der Waals surface area contributed by atoms with Gasteiger partial charge in [0.2, 0.25) is 11.8 Å². The van der Waals surface area contributed by atoms with Crippen molar-refractivity contribution in [1.29, 1.82) is 0 Å². The van der Waals surface area contributed by atoms with E-state index in [-0.39, 0.29) is 30.4 Å². The fraction of sp³-hybridized carbons (Fsp3) is 0.556. The molecule has 126 valence electrons. The molecule has 23 heavy (non-hydrogen) atoms. The predicted octanol–water partition coefficient (Wildman–Crippen LogP) is 1.46. The first-order valence-corrected chi connectivity index (χ1v) is 8.43. The number of benzene rings is 1. The Labute approximate surface area is 138 Å². The topological polar surface area (TPSA) is 75.4 Å². The highest BCUT2D eigenvalue weighted by Gasteiger charge is 2.28. The number of amides is 2. The maximum Gasteiger partial charge on any atom is 0.234 e. The van der Waals surface area contributed by atoms with E-state index in [4.69, 9.17) is 5.73 Å². The van der Waals surface area contributed by atoms with Gasteiger partial charge in [-0.15, -0.1) is 0 Å². The van der Waals surface area contributed by atoms with Gasteiger partial charge in [-0.3, -0.25) is 14.5 Å². The molecular weight excluding hydrogens is 290 g/mol. The van der Waals surface area contributed by atoms with Gasteiger partial charge in [-0.1, -0.05) is 36.8 Å². The number of aryl methyl sites for hydroxylation is 1. The van der Waals surface area contributed by atoms with Gasteiger partial charge < -0.3 is 11.1 Å². The van der Waals surface area contributed by atoms with Gasteiger partial charge in [0.05, 0.1) is 12.6 Å². The average Bonchev–Trinajstić information content (AvgIpc) is 2.54. The number of hydrogen-bond donors (Lipinski definition) is 2. The van der Waals surface area contributed by atoms with Crippen LogP contribution in [-0.4, -0.2) is 41.9 Å². The van der Waals surface area contributed by atoms with E-state index in [1.165, 1.54) is 5.56 Å². The molecule has 5 nitrogen and oxygen atoms in total. The lowest BCUT2D eigenvalue weighted by Gasteiger charge is -2.33. The van der Waals surface area contributed by atoms with Crippen LogP contribution in [-0.2, 0) is 16.0 Å². The van der Waals surface area contributed by atoms with Crippen LogP contribution in [0.1, 0.15) is 38.2 Å². The second-order valence-corrected chi connectivity index (χ2v) is 6.38. The van der Waals surface area contributed by atoms with Gasteiger partial charge >= 0.3 is 0 Å². The highest BCUT2D eigenvalue weighted by Crippen LogP contribution is 2.16. The van der Waals surface area contributed by atoms with Gasteiger partial charge in [0, 0.05) is 6.04 Å². The van der Waals surface area contributed by atoms with Crippen LogP contribution in [0, 0.1) is 0 Å². The lowest BCUT2D eigenvalue weighted by atomic mass is 10.0. The summed E-state index contributed by atoms with van der Waals surface area (Å²) in [4.78, 5) is 25.6. The molecule has 2 atom stereocenters. The zero-order valence-corrected chi connectivity index (χ0v) is 13.8. The number of carbonyl (C=O) groups is 2. The molecule has 0 aliphatic carbocycles. The Hall–Kier alpha value is -1.88. The number of rotatable bonds is 7. The predicted molar refractivity (Wildman–Crippen MR) is 90.8 cm³/mol. The van der Waals surface area contributed by atoms with Crippen LogP contribution in [0.4, 0.5) is 0 Å². The van der Waals surface area contributed by atoms with E-state index >= 15 is 0 Å². The van der Waals surface area contributed by atoms with Crippen molar-refractivity contribution in [2.24, 2.45) is 5.73 Å². The lowest BCUT2D eigenvalue weighted by molar-refractivity contribution is -0.128. The molecule has 0 saturated carbocycles. The molecule has 0 bridgehead atoms. The van der Waals surface area contributed by atoms with E-state index < -0.39 is 0 Å². The lowest BCUT2D eigenvalue weighted by Crippen LogP contribution is -2.51. The number of nitrogens with one attached hydrogen (secondary N) is 1. The molecule has 5 heteroatoms. The van der Waals surface area contributed by atoms with Crippen LogP contribution < -0.4 is 11.1 Å². The minimum absolute atomic E-state index is 0.0290. The molecule has 0 radical (unpaired) electrons. The Morgan fingerprint density at radius 3 is 2.74 bits per heavy atom. The summed E-state index contributed by atoms with van der Waals surface area (Å²) in [6.45, 7) is 3.03.